The lowest BCUT2D eigenvalue weighted by Gasteiger charge is -2.28. The molecule has 14 nitrogen and oxygen atoms in total. The van der Waals surface area contributed by atoms with Gasteiger partial charge in [-0.2, -0.15) is 0 Å². The Morgan fingerprint density at radius 1 is 0.844 bits per heavy atom. The van der Waals surface area contributed by atoms with Crippen LogP contribution >= 0.6 is 0 Å². The lowest BCUT2D eigenvalue weighted by molar-refractivity contribution is -0.148. The van der Waals surface area contributed by atoms with E-state index in [0.29, 0.717) is 6.42 Å². The van der Waals surface area contributed by atoms with Crippen LogP contribution in [0.1, 0.15) is 40.0 Å². The van der Waals surface area contributed by atoms with Gasteiger partial charge in [0.15, 0.2) is 0 Å². The van der Waals surface area contributed by atoms with Crippen molar-refractivity contribution in [1.82, 2.24) is 16.0 Å². The molecule has 6 atom stereocenters. The number of aliphatic hydroxyl groups excluding tert-OH is 1. The van der Waals surface area contributed by atoms with E-state index in [0.717, 1.165) is 6.92 Å². The molecule has 0 spiro atoms. The molecular formula is C18H31N5O9. The lowest BCUT2D eigenvalue weighted by Crippen LogP contribution is -2.61. The fourth-order valence-electron chi connectivity index (χ4n) is 2.56. The summed E-state index contributed by atoms with van der Waals surface area (Å²) in [5.41, 5.74) is 10.6. The summed E-state index contributed by atoms with van der Waals surface area (Å²) in [7, 11) is 0. The lowest BCUT2D eigenvalue weighted by atomic mass is 9.97. The van der Waals surface area contributed by atoms with Gasteiger partial charge in [0.25, 0.3) is 0 Å². The molecule has 0 rings (SSSR count). The summed E-state index contributed by atoms with van der Waals surface area (Å²) < 4.78 is 0. The molecule has 0 radical (unpaired) electrons. The maximum absolute atomic E-state index is 12.8. The van der Waals surface area contributed by atoms with E-state index in [1.54, 1.807) is 13.8 Å². The molecule has 0 aliphatic heterocycles. The zero-order chi connectivity index (χ0) is 25.2. The number of hydrogen-bond acceptors (Lipinski definition) is 8. The normalized spacial score (nSPS) is 16.4. The van der Waals surface area contributed by atoms with Crippen molar-refractivity contribution in [2.24, 2.45) is 17.4 Å². The molecule has 4 amide bonds. The van der Waals surface area contributed by atoms with Gasteiger partial charge in [0.1, 0.15) is 18.1 Å². The number of carbonyl (C=O) groups is 6. The van der Waals surface area contributed by atoms with Crippen molar-refractivity contribution < 1.29 is 44.1 Å². The zero-order valence-corrected chi connectivity index (χ0v) is 18.0. The van der Waals surface area contributed by atoms with Crippen LogP contribution in [-0.2, 0) is 28.8 Å². The van der Waals surface area contributed by atoms with Gasteiger partial charge >= 0.3 is 11.9 Å². The monoisotopic (exact) mass is 461 g/mol. The van der Waals surface area contributed by atoms with Crippen molar-refractivity contribution >= 4 is 35.6 Å². The summed E-state index contributed by atoms with van der Waals surface area (Å²) in [5, 5.41) is 34.3. The third-order valence-corrected chi connectivity index (χ3v) is 4.61. The molecule has 0 saturated carbocycles. The summed E-state index contributed by atoms with van der Waals surface area (Å²) in [6.45, 7) is 4.49. The summed E-state index contributed by atoms with van der Waals surface area (Å²) in [6.07, 6.45) is -2.47. The van der Waals surface area contributed by atoms with E-state index in [-0.39, 0.29) is 0 Å². The first-order valence-electron chi connectivity index (χ1n) is 9.78. The highest BCUT2D eigenvalue weighted by Crippen LogP contribution is 2.10. The van der Waals surface area contributed by atoms with Gasteiger partial charge in [-0.05, 0) is 12.8 Å². The number of carboxylic acid groups (broad SMARTS) is 2. The van der Waals surface area contributed by atoms with Gasteiger partial charge in [-0.3, -0.25) is 24.0 Å². The highest BCUT2D eigenvalue weighted by Gasteiger charge is 2.34. The molecule has 0 saturated heterocycles. The second kappa shape index (κ2) is 13.2. The minimum absolute atomic E-state index is 0.411. The molecule has 10 N–H and O–H groups in total. The Morgan fingerprint density at radius 3 is 1.75 bits per heavy atom. The molecule has 182 valence electrons. The fourth-order valence-corrected chi connectivity index (χ4v) is 2.56. The first kappa shape index (κ1) is 28.7. The molecule has 0 aliphatic rings. The highest BCUT2D eigenvalue weighted by atomic mass is 16.4. The van der Waals surface area contributed by atoms with Gasteiger partial charge in [-0.15, -0.1) is 0 Å². The van der Waals surface area contributed by atoms with Crippen molar-refractivity contribution in [2.75, 3.05) is 0 Å². The molecule has 0 aromatic carbocycles. The molecule has 6 unspecified atom stereocenters. The molecule has 0 aliphatic carbocycles. The fraction of sp³-hybridized carbons (Fsp3) is 0.667. The maximum Gasteiger partial charge on any atom is 0.326 e. The standard InChI is InChI=1S/C18H31N5O9/c1-4-7(2)13(22-15(28)9(19)5-11(20)25)16(29)23-14(8(3)24)17(30)21-10(18(31)32)6-12(26)27/h7-10,13-14,24H,4-6,19H2,1-3H3,(H2,20,25)(H,21,30)(H,22,28)(H,23,29)(H,26,27)(H,31,32). The number of nitrogens with two attached hydrogens (primary N) is 2. The smallest absolute Gasteiger partial charge is 0.326 e. The van der Waals surface area contributed by atoms with Crippen LogP contribution in [0, 0.1) is 5.92 Å². The molecule has 0 aromatic rings. The Kier molecular flexibility index (Phi) is 11.9. The number of nitrogens with one attached hydrogen (secondary N) is 3. The second-order valence-corrected chi connectivity index (χ2v) is 7.37. The van der Waals surface area contributed by atoms with Gasteiger partial charge < -0.3 is 42.7 Å². The molecule has 0 bridgehead atoms. The molecule has 0 aromatic heterocycles. The van der Waals surface area contributed by atoms with Gasteiger partial charge in [-0.1, -0.05) is 20.3 Å². The average molecular weight is 461 g/mol. The van der Waals surface area contributed by atoms with E-state index in [1.807, 2.05) is 5.32 Å². The van der Waals surface area contributed by atoms with Crippen LogP contribution in [0.4, 0.5) is 0 Å². The number of carbonyl (C=O) groups excluding carboxylic acids is 4. The van der Waals surface area contributed by atoms with Gasteiger partial charge in [0.2, 0.25) is 23.6 Å². The third kappa shape index (κ3) is 9.70. The Morgan fingerprint density at radius 2 is 1.34 bits per heavy atom. The number of carboxylic acids is 2. The van der Waals surface area contributed by atoms with Crippen LogP contribution in [0.3, 0.4) is 0 Å². The molecule has 32 heavy (non-hydrogen) atoms. The molecular weight excluding hydrogens is 430 g/mol. The van der Waals surface area contributed by atoms with Crippen LogP contribution in [0.25, 0.3) is 0 Å². The quantitative estimate of drug-likeness (QED) is 0.127. The largest absolute Gasteiger partial charge is 0.481 e. The van der Waals surface area contributed by atoms with Crippen molar-refractivity contribution in [1.29, 1.82) is 0 Å². The van der Waals surface area contributed by atoms with E-state index >= 15 is 0 Å². The van der Waals surface area contributed by atoms with Crippen molar-refractivity contribution in [3.05, 3.63) is 0 Å². The number of aliphatic hydroxyl groups is 1. The zero-order valence-electron chi connectivity index (χ0n) is 18.0. The summed E-state index contributed by atoms with van der Waals surface area (Å²) in [5.74, 6) is -7.25. The molecule has 0 fully saturated rings. The third-order valence-electron chi connectivity index (χ3n) is 4.61. The van der Waals surface area contributed by atoms with Crippen molar-refractivity contribution in [3.63, 3.8) is 0 Å². The van der Waals surface area contributed by atoms with Crippen LogP contribution < -0.4 is 27.4 Å². The highest BCUT2D eigenvalue weighted by molar-refractivity contribution is 5.95. The predicted molar refractivity (Wildman–Crippen MR) is 109 cm³/mol. The van der Waals surface area contributed by atoms with Crippen LogP contribution in [-0.4, -0.2) is 81.2 Å². The summed E-state index contributed by atoms with van der Waals surface area (Å²) >= 11 is 0. The van der Waals surface area contributed by atoms with E-state index in [4.69, 9.17) is 21.7 Å². The maximum atomic E-state index is 12.8. The van der Waals surface area contributed by atoms with E-state index in [2.05, 4.69) is 10.6 Å². The summed E-state index contributed by atoms with van der Waals surface area (Å²) in [4.78, 5) is 70.3. The van der Waals surface area contributed by atoms with Crippen LogP contribution in [0.5, 0.6) is 0 Å². The minimum atomic E-state index is -1.80. The Labute approximate surface area is 184 Å². The Hall–Kier alpha value is -3.26. The van der Waals surface area contributed by atoms with E-state index < -0.39 is 84.6 Å². The minimum Gasteiger partial charge on any atom is -0.481 e. The van der Waals surface area contributed by atoms with E-state index in [9.17, 15) is 33.9 Å². The average Bonchev–Trinajstić information content (AvgIpc) is 2.67. The van der Waals surface area contributed by atoms with Gasteiger partial charge in [-0.25, -0.2) is 4.79 Å². The van der Waals surface area contributed by atoms with E-state index in [1.165, 1.54) is 0 Å². The summed E-state index contributed by atoms with van der Waals surface area (Å²) in [6, 6.07) is -5.97. The number of rotatable bonds is 14. The number of primary amides is 1. The van der Waals surface area contributed by atoms with Crippen molar-refractivity contribution in [3.8, 4) is 0 Å². The predicted octanol–water partition coefficient (Wildman–Crippen LogP) is -3.37. The molecule has 14 heteroatoms. The second-order valence-electron chi connectivity index (χ2n) is 7.37. The topological polar surface area (TPSA) is 251 Å². The van der Waals surface area contributed by atoms with Crippen LogP contribution in [0.15, 0.2) is 0 Å². The van der Waals surface area contributed by atoms with Gasteiger partial charge in [0, 0.05) is 0 Å². The Balaban J connectivity index is 5.51. The number of amides is 4. The Bertz CT molecular complexity index is 728. The van der Waals surface area contributed by atoms with Crippen LogP contribution in [0.2, 0.25) is 0 Å². The first-order valence-corrected chi connectivity index (χ1v) is 9.78. The van der Waals surface area contributed by atoms with Crippen molar-refractivity contribution in [2.45, 2.75) is 70.3 Å². The number of hydrogen-bond donors (Lipinski definition) is 8. The molecule has 0 heterocycles. The van der Waals surface area contributed by atoms with Gasteiger partial charge in [0.05, 0.1) is 25.0 Å². The SMILES string of the molecule is CCC(C)C(NC(=O)C(N)CC(N)=O)C(=O)NC(C(=O)NC(CC(=O)O)C(=O)O)C(C)O. The number of aliphatic carboxylic acids is 2. The first-order chi connectivity index (χ1) is 14.7.